The molecule has 1 aliphatic rings. The van der Waals surface area contributed by atoms with Gasteiger partial charge in [0.1, 0.15) is 0 Å². The first kappa shape index (κ1) is 17.4. The van der Waals surface area contributed by atoms with Crippen molar-refractivity contribution in [1.29, 1.82) is 0 Å². The topological polar surface area (TPSA) is 40.5 Å². The highest BCUT2D eigenvalue weighted by Crippen LogP contribution is 2.33. The van der Waals surface area contributed by atoms with E-state index in [0.717, 1.165) is 32.4 Å². The molecule has 1 atom stereocenters. The Morgan fingerprint density at radius 3 is 2.92 bits per heavy atom. The van der Waals surface area contributed by atoms with E-state index in [0.29, 0.717) is 6.54 Å². The van der Waals surface area contributed by atoms with Crippen molar-refractivity contribution in [2.75, 3.05) is 19.6 Å². The molecule has 0 bridgehead atoms. The smallest absolute Gasteiger partial charge is 0.307 e. The van der Waals surface area contributed by atoms with Crippen molar-refractivity contribution in [3.63, 3.8) is 0 Å². The summed E-state index contributed by atoms with van der Waals surface area (Å²) in [5.41, 5.74) is 2.65. The number of hydrogen-bond acceptors (Lipinski definition) is 4. The Balaban J connectivity index is 1.68. The lowest BCUT2D eigenvalue weighted by Gasteiger charge is -2.30. The van der Waals surface area contributed by atoms with Gasteiger partial charge >= 0.3 is 5.97 Å². The van der Waals surface area contributed by atoms with E-state index >= 15 is 0 Å². The number of thiophene rings is 2. The van der Waals surface area contributed by atoms with Gasteiger partial charge in [0.15, 0.2) is 0 Å². The van der Waals surface area contributed by atoms with Crippen LogP contribution in [0.4, 0.5) is 0 Å². The summed E-state index contributed by atoms with van der Waals surface area (Å²) in [7, 11) is 0. The molecule has 0 radical (unpaired) electrons. The van der Waals surface area contributed by atoms with Crippen molar-refractivity contribution in [3.05, 3.63) is 50.4 Å². The van der Waals surface area contributed by atoms with Crippen molar-refractivity contribution in [2.45, 2.75) is 26.2 Å². The number of aryl methyl sites for hydroxylation is 1. The lowest BCUT2D eigenvalue weighted by molar-refractivity contribution is -0.143. The average molecular weight is 362 g/mol. The maximum absolute atomic E-state index is 11.2. The quantitative estimate of drug-likeness (QED) is 0.808. The predicted octanol–water partition coefficient (Wildman–Crippen LogP) is 4.74. The van der Waals surface area contributed by atoms with Gasteiger partial charge in [0, 0.05) is 28.4 Å². The van der Waals surface area contributed by atoms with Crippen LogP contribution < -0.4 is 0 Å². The van der Waals surface area contributed by atoms with Crippen molar-refractivity contribution < 1.29 is 9.90 Å². The number of piperidine rings is 1. The van der Waals surface area contributed by atoms with E-state index in [1.807, 2.05) is 0 Å². The molecular formula is C19H23NO2S2. The molecule has 5 heteroatoms. The molecule has 0 aliphatic carbocycles. The third kappa shape index (κ3) is 4.15. The monoisotopic (exact) mass is 361 g/mol. The van der Waals surface area contributed by atoms with E-state index in [4.69, 9.17) is 0 Å². The molecule has 1 saturated heterocycles. The minimum Gasteiger partial charge on any atom is -0.481 e. The maximum atomic E-state index is 11.2. The lowest BCUT2D eigenvalue weighted by atomic mass is 9.98. The number of nitrogens with zero attached hydrogens (tertiary/aromatic N) is 1. The van der Waals surface area contributed by atoms with Gasteiger partial charge in [-0.2, -0.15) is 0 Å². The maximum Gasteiger partial charge on any atom is 0.307 e. The number of carbonyl (C=O) groups is 1. The second-order valence-corrected chi connectivity index (χ2v) is 8.16. The summed E-state index contributed by atoms with van der Waals surface area (Å²) in [5, 5.41) is 13.5. The second-order valence-electron chi connectivity index (χ2n) is 6.29. The summed E-state index contributed by atoms with van der Waals surface area (Å²) < 4.78 is 0. The zero-order valence-corrected chi connectivity index (χ0v) is 15.5. The standard InChI is InChI=1S/C19H23NO2S2/c1-14-8-12-24-18(14)16(17-7-4-11-23-17)6-3-10-20-9-2-5-15(13-20)19(21)22/h4,6-8,11-12,15H,2-3,5,9-10,13H2,1H3,(H,21,22). The molecular weight excluding hydrogens is 338 g/mol. The number of aliphatic carboxylic acids is 1. The highest BCUT2D eigenvalue weighted by molar-refractivity contribution is 7.13. The van der Waals surface area contributed by atoms with Gasteiger partial charge in [-0.05, 0) is 61.2 Å². The van der Waals surface area contributed by atoms with E-state index in [1.165, 1.54) is 20.9 Å². The van der Waals surface area contributed by atoms with E-state index in [-0.39, 0.29) is 5.92 Å². The fourth-order valence-corrected chi connectivity index (χ4v) is 5.06. The average Bonchev–Trinajstić information content (AvgIpc) is 3.24. The Morgan fingerprint density at radius 1 is 1.38 bits per heavy atom. The van der Waals surface area contributed by atoms with Gasteiger partial charge in [0.25, 0.3) is 0 Å². The number of likely N-dealkylation sites (tertiary alicyclic amines) is 1. The summed E-state index contributed by atoms with van der Waals surface area (Å²) in [6, 6.07) is 6.44. The molecule has 0 aromatic carbocycles. The first-order valence-corrected chi connectivity index (χ1v) is 10.1. The van der Waals surface area contributed by atoms with Gasteiger partial charge in [-0.25, -0.2) is 0 Å². The van der Waals surface area contributed by atoms with Gasteiger partial charge in [0.05, 0.1) is 5.92 Å². The molecule has 1 aliphatic heterocycles. The molecule has 128 valence electrons. The highest BCUT2D eigenvalue weighted by Gasteiger charge is 2.24. The fourth-order valence-electron chi connectivity index (χ4n) is 3.24. The third-order valence-electron chi connectivity index (χ3n) is 4.54. The van der Waals surface area contributed by atoms with Gasteiger partial charge in [-0.15, -0.1) is 22.7 Å². The number of carboxylic acids is 1. The summed E-state index contributed by atoms with van der Waals surface area (Å²) >= 11 is 3.57. The summed E-state index contributed by atoms with van der Waals surface area (Å²) in [4.78, 5) is 16.1. The molecule has 3 heterocycles. The molecule has 1 N–H and O–H groups in total. The third-order valence-corrected chi connectivity index (χ3v) is 6.49. The van der Waals surface area contributed by atoms with Crippen LogP contribution in [0.5, 0.6) is 0 Å². The molecule has 0 spiro atoms. The van der Waals surface area contributed by atoms with Gasteiger partial charge < -0.3 is 10.0 Å². The summed E-state index contributed by atoms with van der Waals surface area (Å²) in [6.07, 6.45) is 5.09. The largest absolute Gasteiger partial charge is 0.481 e. The normalized spacial score (nSPS) is 19.5. The van der Waals surface area contributed by atoms with Crippen LogP contribution in [-0.2, 0) is 4.79 Å². The van der Waals surface area contributed by atoms with E-state index < -0.39 is 5.97 Å². The van der Waals surface area contributed by atoms with Crippen molar-refractivity contribution in [3.8, 4) is 0 Å². The van der Waals surface area contributed by atoms with Crippen LogP contribution >= 0.6 is 22.7 Å². The molecule has 1 fully saturated rings. The Labute approximate surface area is 151 Å². The highest BCUT2D eigenvalue weighted by atomic mass is 32.1. The Hall–Kier alpha value is -1.43. The molecule has 2 aromatic heterocycles. The molecule has 3 rings (SSSR count). The predicted molar refractivity (Wildman–Crippen MR) is 102 cm³/mol. The minimum atomic E-state index is -0.649. The summed E-state index contributed by atoms with van der Waals surface area (Å²) in [6.45, 7) is 4.80. The van der Waals surface area contributed by atoms with Gasteiger partial charge in [-0.3, -0.25) is 4.79 Å². The Bertz CT molecular complexity index is 703. The molecule has 0 amide bonds. The first-order chi connectivity index (χ1) is 11.6. The zero-order valence-electron chi connectivity index (χ0n) is 13.9. The number of carboxylic acid groups (broad SMARTS) is 1. The van der Waals surface area contributed by atoms with Crippen LogP contribution in [0.15, 0.2) is 35.0 Å². The number of rotatable bonds is 6. The summed E-state index contributed by atoms with van der Waals surface area (Å²) in [5.74, 6) is -0.845. The van der Waals surface area contributed by atoms with Gasteiger partial charge in [0.2, 0.25) is 0 Å². The van der Waals surface area contributed by atoms with Gasteiger partial charge in [-0.1, -0.05) is 12.1 Å². The molecule has 2 aromatic rings. The molecule has 1 unspecified atom stereocenters. The van der Waals surface area contributed by atoms with Crippen LogP contribution in [0.25, 0.3) is 5.57 Å². The fraction of sp³-hybridized carbons (Fsp3) is 0.421. The Kier molecular flexibility index (Phi) is 5.87. The van der Waals surface area contributed by atoms with Crippen LogP contribution in [0.2, 0.25) is 0 Å². The van der Waals surface area contributed by atoms with Crippen LogP contribution in [0.3, 0.4) is 0 Å². The lowest BCUT2D eigenvalue weighted by Crippen LogP contribution is -2.39. The van der Waals surface area contributed by atoms with Crippen molar-refractivity contribution >= 4 is 34.2 Å². The van der Waals surface area contributed by atoms with Crippen molar-refractivity contribution in [2.24, 2.45) is 5.92 Å². The molecule has 3 nitrogen and oxygen atoms in total. The molecule has 24 heavy (non-hydrogen) atoms. The van der Waals surface area contributed by atoms with Crippen LogP contribution in [-0.4, -0.2) is 35.6 Å². The van der Waals surface area contributed by atoms with Crippen LogP contribution in [0, 0.1) is 12.8 Å². The van der Waals surface area contributed by atoms with E-state index in [2.05, 4.69) is 46.9 Å². The second kappa shape index (κ2) is 8.10. The SMILES string of the molecule is Cc1ccsc1C(=CCCN1CCCC(C(=O)O)C1)c1cccs1. The first-order valence-electron chi connectivity index (χ1n) is 8.39. The minimum absolute atomic E-state index is 0.195. The van der Waals surface area contributed by atoms with E-state index in [1.54, 1.807) is 22.7 Å². The Morgan fingerprint density at radius 2 is 2.25 bits per heavy atom. The van der Waals surface area contributed by atoms with E-state index in [9.17, 15) is 9.90 Å². The van der Waals surface area contributed by atoms with Crippen molar-refractivity contribution in [1.82, 2.24) is 4.90 Å². The van der Waals surface area contributed by atoms with Crippen LogP contribution in [0.1, 0.15) is 34.6 Å². The number of hydrogen-bond donors (Lipinski definition) is 1. The molecule has 0 saturated carbocycles. The zero-order chi connectivity index (χ0) is 16.9.